The first kappa shape index (κ1) is 19.5. The van der Waals surface area contributed by atoms with Crippen molar-refractivity contribution in [1.82, 2.24) is 14.9 Å². The Kier molecular flexibility index (Phi) is 5.93. The van der Waals surface area contributed by atoms with Gasteiger partial charge in [-0.2, -0.15) is 4.98 Å². The second-order valence-electron chi connectivity index (χ2n) is 6.85. The Balaban J connectivity index is 1.59. The number of rotatable bonds is 6. The van der Waals surface area contributed by atoms with Crippen LogP contribution in [0.2, 0.25) is 0 Å². The summed E-state index contributed by atoms with van der Waals surface area (Å²) < 4.78 is 22.6. The number of anilines is 2. The topological polar surface area (TPSA) is 104 Å². The lowest BCUT2D eigenvalue weighted by Crippen LogP contribution is -2.45. The van der Waals surface area contributed by atoms with Crippen LogP contribution in [0.15, 0.2) is 35.2 Å². The van der Waals surface area contributed by atoms with Crippen molar-refractivity contribution in [3.8, 4) is 0 Å². The molecule has 2 aromatic rings. The molecule has 1 aromatic heterocycles. The van der Waals surface area contributed by atoms with Gasteiger partial charge in [-0.1, -0.05) is 12.1 Å². The van der Waals surface area contributed by atoms with E-state index in [9.17, 15) is 8.42 Å². The van der Waals surface area contributed by atoms with E-state index in [-0.39, 0.29) is 4.90 Å². The molecule has 0 aliphatic carbocycles. The molecule has 1 aromatic carbocycles. The predicted molar refractivity (Wildman–Crippen MR) is 106 cm³/mol. The zero-order chi connectivity index (χ0) is 19.4. The Labute approximate surface area is 160 Å². The van der Waals surface area contributed by atoms with Gasteiger partial charge in [0.15, 0.2) is 0 Å². The maximum absolute atomic E-state index is 11.3. The molecule has 146 valence electrons. The van der Waals surface area contributed by atoms with E-state index in [4.69, 9.17) is 5.14 Å². The highest BCUT2D eigenvalue weighted by Crippen LogP contribution is 2.16. The molecule has 1 saturated heterocycles. The lowest BCUT2D eigenvalue weighted by atomic mass is 10.1. The van der Waals surface area contributed by atoms with Crippen LogP contribution in [0.4, 0.5) is 11.8 Å². The Morgan fingerprint density at radius 3 is 2.41 bits per heavy atom. The summed E-state index contributed by atoms with van der Waals surface area (Å²) in [6.45, 7) is 6.53. The second-order valence-corrected chi connectivity index (χ2v) is 8.41. The number of benzene rings is 1. The molecule has 0 radical (unpaired) electrons. The highest BCUT2D eigenvalue weighted by Gasteiger charge is 2.17. The number of aryl methyl sites for hydroxylation is 1. The quantitative estimate of drug-likeness (QED) is 0.753. The Morgan fingerprint density at radius 1 is 1.11 bits per heavy atom. The van der Waals surface area contributed by atoms with Crippen molar-refractivity contribution in [3.63, 3.8) is 0 Å². The van der Waals surface area contributed by atoms with E-state index < -0.39 is 10.0 Å². The third kappa shape index (κ3) is 5.38. The maximum Gasteiger partial charge on any atom is 0.238 e. The largest absolute Gasteiger partial charge is 0.370 e. The average Bonchev–Trinajstić information content (AvgIpc) is 2.61. The summed E-state index contributed by atoms with van der Waals surface area (Å²) in [4.78, 5) is 13.9. The summed E-state index contributed by atoms with van der Waals surface area (Å²) in [5.74, 6) is 1.57. The van der Waals surface area contributed by atoms with E-state index in [1.807, 2.05) is 13.0 Å². The molecule has 3 N–H and O–H groups in total. The highest BCUT2D eigenvalue weighted by atomic mass is 32.2. The van der Waals surface area contributed by atoms with E-state index in [0.717, 1.165) is 55.6 Å². The standard InChI is InChI=1S/C18H26N6O2S/c1-14-13-17(22-18(21-14)24-11-9-23(2)10-12-24)20-8-7-15-3-5-16(6-4-15)27(19,25)26/h3-6,13H,7-12H2,1-2H3,(H2,19,25,26)(H,20,21,22). The van der Waals surface area contributed by atoms with Crippen LogP contribution in [-0.4, -0.2) is 63.1 Å². The average molecular weight is 391 g/mol. The zero-order valence-electron chi connectivity index (χ0n) is 15.7. The van der Waals surface area contributed by atoms with Gasteiger partial charge < -0.3 is 15.1 Å². The number of hydrogen-bond donors (Lipinski definition) is 2. The van der Waals surface area contributed by atoms with Gasteiger partial charge in [-0.3, -0.25) is 0 Å². The maximum atomic E-state index is 11.3. The number of piperazine rings is 1. The fraction of sp³-hybridized carbons (Fsp3) is 0.444. The summed E-state index contributed by atoms with van der Waals surface area (Å²) in [5.41, 5.74) is 1.96. The van der Waals surface area contributed by atoms with Crippen molar-refractivity contribution in [2.45, 2.75) is 18.2 Å². The Bertz CT molecular complexity index is 877. The van der Waals surface area contributed by atoms with Crippen LogP contribution in [0.5, 0.6) is 0 Å². The van der Waals surface area contributed by atoms with Gasteiger partial charge in [-0.05, 0) is 38.1 Å². The van der Waals surface area contributed by atoms with E-state index >= 15 is 0 Å². The van der Waals surface area contributed by atoms with Crippen molar-refractivity contribution < 1.29 is 8.42 Å². The molecule has 0 unspecified atom stereocenters. The summed E-state index contributed by atoms with van der Waals surface area (Å²) in [6, 6.07) is 8.56. The van der Waals surface area contributed by atoms with E-state index in [1.165, 1.54) is 12.1 Å². The molecule has 1 fully saturated rings. The van der Waals surface area contributed by atoms with E-state index in [0.29, 0.717) is 6.54 Å². The van der Waals surface area contributed by atoms with Gasteiger partial charge in [0, 0.05) is 44.5 Å². The highest BCUT2D eigenvalue weighted by molar-refractivity contribution is 7.89. The lowest BCUT2D eigenvalue weighted by molar-refractivity contribution is 0.311. The monoisotopic (exact) mass is 390 g/mol. The molecule has 0 bridgehead atoms. The number of nitrogens with zero attached hydrogens (tertiary/aromatic N) is 4. The number of sulfonamides is 1. The fourth-order valence-corrected chi connectivity index (χ4v) is 3.49. The normalized spacial score (nSPS) is 15.7. The number of likely N-dealkylation sites (N-methyl/N-ethyl adjacent to an activating group) is 1. The van der Waals surface area contributed by atoms with Crippen molar-refractivity contribution >= 4 is 21.8 Å². The summed E-state index contributed by atoms with van der Waals surface area (Å²) in [6.07, 6.45) is 0.748. The van der Waals surface area contributed by atoms with Crippen molar-refractivity contribution in [1.29, 1.82) is 0 Å². The van der Waals surface area contributed by atoms with Crippen molar-refractivity contribution in [3.05, 3.63) is 41.6 Å². The molecular formula is C18H26N6O2S. The number of hydrogen-bond acceptors (Lipinski definition) is 7. The molecule has 0 amide bonds. The molecule has 0 spiro atoms. The van der Waals surface area contributed by atoms with Gasteiger partial charge >= 0.3 is 0 Å². The zero-order valence-corrected chi connectivity index (χ0v) is 16.5. The number of nitrogens with one attached hydrogen (secondary N) is 1. The summed E-state index contributed by atoms with van der Waals surface area (Å²) in [7, 11) is -1.53. The minimum atomic E-state index is -3.65. The summed E-state index contributed by atoms with van der Waals surface area (Å²) >= 11 is 0. The van der Waals surface area contributed by atoms with Crippen molar-refractivity contribution in [2.75, 3.05) is 50.0 Å². The molecule has 2 heterocycles. The third-order valence-electron chi connectivity index (χ3n) is 4.60. The number of aromatic nitrogens is 2. The number of nitrogens with two attached hydrogens (primary N) is 1. The first-order valence-corrected chi connectivity index (χ1v) is 10.5. The third-order valence-corrected chi connectivity index (χ3v) is 5.53. The smallest absolute Gasteiger partial charge is 0.238 e. The SMILES string of the molecule is Cc1cc(NCCc2ccc(S(N)(=O)=O)cc2)nc(N2CCN(C)CC2)n1. The Hall–Kier alpha value is -2.23. The fourth-order valence-electron chi connectivity index (χ4n) is 2.97. The molecule has 9 heteroatoms. The van der Waals surface area contributed by atoms with Crippen LogP contribution < -0.4 is 15.4 Å². The molecular weight excluding hydrogens is 364 g/mol. The first-order valence-electron chi connectivity index (χ1n) is 8.96. The molecule has 0 saturated carbocycles. The first-order chi connectivity index (χ1) is 12.8. The van der Waals surface area contributed by atoms with Crippen LogP contribution in [-0.2, 0) is 16.4 Å². The molecule has 1 aliphatic rings. The second kappa shape index (κ2) is 8.20. The van der Waals surface area contributed by atoms with Gasteiger partial charge in [-0.25, -0.2) is 18.5 Å². The minimum absolute atomic E-state index is 0.127. The van der Waals surface area contributed by atoms with Crippen molar-refractivity contribution in [2.24, 2.45) is 5.14 Å². The molecule has 1 aliphatic heterocycles. The van der Waals surface area contributed by atoms with Crippen LogP contribution >= 0.6 is 0 Å². The van der Waals surface area contributed by atoms with Gasteiger partial charge in [-0.15, -0.1) is 0 Å². The van der Waals surface area contributed by atoms with Crippen LogP contribution in [0, 0.1) is 6.92 Å². The van der Waals surface area contributed by atoms with Gasteiger partial charge in [0.05, 0.1) is 4.90 Å². The molecule has 8 nitrogen and oxygen atoms in total. The molecule has 27 heavy (non-hydrogen) atoms. The van der Waals surface area contributed by atoms with Crippen LogP contribution in [0.1, 0.15) is 11.3 Å². The van der Waals surface area contributed by atoms with E-state index in [2.05, 4.69) is 32.1 Å². The van der Waals surface area contributed by atoms with Gasteiger partial charge in [0.25, 0.3) is 0 Å². The van der Waals surface area contributed by atoms with E-state index in [1.54, 1.807) is 12.1 Å². The molecule has 0 atom stereocenters. The van der Waals surface area contributed by atoms with Gasteiger partial charge in [0.2, 0.25) is 16.0 Å². The van der Waals surface area contributed by atoms with Crippen LogP contribution in [0.3, 0.4) is 0 Å². The molecule has 3 rings (SSSR count). The minimum Gasteiger partial charge on any atom is -0.370 e. The number of primary sulfonamides is 1. The summed E-state index contributed by atoms with van der Waals surface area (Å²) in [5, 5.41) is 8.46. The van der Waals surface area contributed by atoms with Crippen LogP contribution in [0.25, 0.3) is 0 Å². The predicted octanol–water partition coefficient (Wildman–Crippen LogP) is 0.839. The van der Waals surface area contributed by atoms with Gasteiger partial charge in [0.1, 0.15) is 5.82 Å². The Morgan fingerprint density at radius 2 is 1.78 bits per heavy atom. The lowest BCUT2D eigenvalue weighted by Gasteiger charge is -2.32.